The molecule has 1 aromatic rings. The van der Waals surface area contributed by atoms with Gasteiger partial charge in [0.15, 0.2) is 0 Å². The highest BCUT2D eigenvalue weighted by Crippen LogP contribution is 2.30. The van der Waals surface area contributed by atoms with Gasteiger partial charge in [0.25, 0.3) is 0 Å². The molecule has 1 fully saturated rings. The van der Waals surface area contributed by atoms with Crippen molar-refractivity contribution in [1.82, 2.24) is 5.32 Å². The molecule has 2 nitrogen and oxygen atoms in total. The number of aryl methyl sites for hydroxylation is 1. The van der Waals surface area contributed by atoms with Gasteiger partial charge in [0.1, 0.15) is 0 Å². The van der Waals surface area contributed by atoms with Gasteiger partial charge in [-0.15, -0.1) is 11.3 Å². The van der Waals surface area contributed by atoms with Gasteiger partial charge in [-0.2, -0.15) is 0 Å². The van der Waals surface area contributed by atoms with E-state index in [1.54, 1.807) is 0 Å². The third-order valence-electron chi connectivity index (χ3n) is 4.02. The molecule has 19 heavy (non-hydrogen) atoms. The standard InChI is InChI=1S/C16H27NOS/c1-12-8-13(2)10-15(9-12)18-6-5-17-11-16-14(3)4-7-19-16/h4,7,12-13,15,17H,5-6,8-11H2,1-3H3. The van der Waals surface area contributed by atoms with Crippen molar-refractivity contribution >= 4 is 11.3 Å². The Morgan fingerprint density at radius 2 is 2.00 bits per heavy atom. The van der Waals surface area contributed by atoms with Gasteiger partial charge in [-0.25, -0.2) is 0 Å². The number of thiophene rings is 1. The highest BCUT2D eigenvalue weighted by atomic mass is 32.1. The summed E-state index contributed by atoms with van der Waals surface area (Å²) in [6.07, 6.45) is 4.35. The molecule has 108 valence electrons. The molecule has 2 rings (SSSR count). The van der Waals surface area contributed by atoms with E-state index in [1.165, 1.54) is 29.7 Å². The molecule has 0 amide bonds. The summed E-state index contributed by atoms with van der Waals surface area (Å²) in [4.78, 5) is 1.44. The summed E-state index contributed by atoms with van der Waals surface area (Å²) in [5, 5.41) is 5.64. The predicted octanol–water partition coefficient (Wildman–Crippen LogP) is 3.99. The fourth-order valence-electron chi connectivity index (χ4n) is 3.09. The summed E-state index contributed by atoms with van der Waals surface area (Å²) in [7, 11) is 0. The monoisotopic (exact) mass is 281 g/mol. The molecule has 1 aromatic heterocycles. The SMILES string of the molecule is Cc1ccsc1CNCCOC1CC(C)CC(C)C1. The average molecular weight is 281 g/mol. The minimum atomic E-state index is 0.490. The van der Waals surface area contributed by atoms with Crippen molar-refractivity contribution in [3.8, 4) is 0 Å². The Balaban J connectivity index is 1.58. The Labute approximate surface area is 121 Å². The van der Waals surface area contributed by atoms with Crippen LogP contribution in [-0.2, 0) is 11.3 Å². The van der Waals surface area contributed by atoms with E-state index >= 15 is 0 Å². The van der Waals surface area contributed by atoms with E-state index in [2.05, 4.69) is 37.5 Å². The molecule has 3 heteroatoms. The van der Waals surface area contributed by atoms with Gasteiger partial charge in [-0.3, -0.25) is 0 Å². The molecule has 1 saturated carbocycles. The van der Waals surface area contributed by atoms with Crippen LogP contribution in [0.2, 0.25) is 0 Å². The van der Waals surface area contributed by atoms with Crippen molar-refractivity contribution in [3.63, 3.8) is 0 Å². The van der Waals surface area contributed by atoms with Gasteiger partial charge in [0.2, 0.25) is 0 Å². The van der Waals surface area contributed by atoms with Crippen LogP contribution in [0.4, 0.5) is 0 Å². The maximum atomic E-state index is 6.01. The topological polar surface area (TPSA) is 21.3 Å². The summed E-state index contributed by atoms with van der Waals surface area (Å²) in [5.74, 6) is 1.66. The lowest BCUT2D eigenvalue weighted by molar-refractivity contribution is 0.00264. The molecule has 2 unspecified atom stereocenters. The summed E-state index contributed by atoms with van der Waals surface area (Å²) < 4.78 is 6.01. The molecule has 1 N–H and O–H groups in total. The lowest BCUT2D eigenvalue weighted by Gasteiger charge is -2.31. The van der Waals surface area contributed by atoms with E-state index in [1.807, 2.05) is 11.3 Å². The van der Waals surface area contributed by atoms with E-state index in [0.29, 0.717) is 6.10 Å². The highest BCUT2D eigenvalue weighted by molar-refractivity contribution is 7.10. The van der Waals surface area contributed by atoms with E-state index in [-0.39, 0.29) is 0 Å². The zero-order chi connectivity index (χ0) is 13.7. The van der Waals surface area contributed by atoms with E-state index in [4.69, 9.17) is 4.74 Å². The lowest BCUT2D eigenvalue weighted by atomic mass is 9.82. The molecule has 1 aliphatic carbocycles. The van der Waals surface area contributed by atoms with Crippen LogP contribution in [0.3, 0.4) is 0 Å². The number of hydrogen-bond acceptors (Lipinski definition) is 3. The van der Waals surface area contributed by atoms with Crippen molar-refractivity contribution in [2.24, 2.45) is 11.8 Å². The number of rotatable bonds is 6. The first kappa shape index (κ1) is 15.0. The molecule has 0 aliphatic heterocycles. The zero-order valence-corrected chi connectivity index (χ0v) is 13.3. The second-order valence-electron chi connectivity index (χ2n) is 6.11. The van der Waals surface area contributed by atoms with Gasteiger partial charge < -0.3 is 10.1 Å². The van der Waals surface area contributed by atoms with E-state index < -0.39 is 0 Å². The minimum Gasteiger partial charge on any atom is -0.377 e. The van der Waals surface area contributed by atoms with Crippen molar-refractivity contribution in [2.45, 2.75) is 52.7 Å². The molecule has 0 saturated heterocycles. The molecule has 1 aliphatic rings. The van der Waals surface area contributed by atoms with Crippen molar-refractivity contribution in [1.29, 1.82) is 0 Å². The Hall–Kier alpha value is -0.380. The maximum absolute atomic E-state index is 6.01. The Kier molecular flexibility index (Phi) is 5.86. The van der Waals surface area contributed by atoms with Crippen LogP contribution < -0.4 is 5.32 Å². The Morgan fingerprint density at radius 3 is 2.63 bits per heavy atom. The van der Waals surface area contributed by atoms with Crippen LogP contribution in [0.5, 0.6) is 0 Å². The van der Waals surface area contributed by atoms with Crippen LogP contribution in [0.25, 0.3) is 0 Å². The molecule has 0 aromatic carbocycles. The Morgan fingerprint density at radius 1 is 1.26 bits per heavy atom. The molecule has 1 heterocycles. The number of ether oxygens (including phenoxy) is 1. The first-order valence-electron chi connectivity index (χ1n) is 7.50. The van der Waals surface area contributed by atoms with Crippen molar-refractivity contribution in [3.05, 3.63) is 21.9 Å². The molecule has 0 spiro atoms. The van der Waals surface area contributed by atoms with Crippen molar-refractivity contribution in [2.75, 3.05) is 13.2 Å². The minimum absolute atomic E-state index is 0.490. The number of nitrogens with one attached hydrogen (secondary N) is 1. The second kappa shape index (κ2) is 7.41. The molecule has 0 bridgehead atoms. The van der Waals surface area contributed by atoms with Crippen LogP contribution in [-0.4, -0.2) is 19.3 Å². The quantitative estimate of drug-likeness (QED) is 0.796. The largest absolute Gasteiger partial charge is 0.377 e. The summed E-state index contributed by atoms with van der Waals surface area (Å²) in [5.41, 5.74) is 1.40. The van der Waals surface area contributed by atoms with Crippen LogP contribution in [0.15, 0.2) is 11.4 Å². The predicted molar refractivity (Wildman–Crippen MR) is 82.7 cm³/mol. The van der Waals surface area contributed by atoms with Gasteiger partial charge in [-0.1, -0.05) is 13.8 Å². The third kappa shape index (κ3) is 4.90. The highest BCUT2D eigenvalue weighted by Gasteiger charge is 2.24. The zero-order valence-electron chi connectivity index (χ0n) is 12.4. The average Bonchev–Trinajstić information content (AvgIpc) is 2.73. The van der Waals surface area contributed by atoms with Gasteiger partial charge in [0, 0.05) is 18.0 Å². The second-order valence-corrected chi connectivity index (χ2v) is 7.11. The van der Waals surface area contributed by atoms with E-state index in [9.17, 15) is 0 Å². The fourth-order valence-corrected chi connectivity index (χ4v) is 3.97. The maximum Gasteiger partial charge on any atom is 0.0594 e. The Bertz CT molecular complexity index is 367. The number of hydrogen-bond donors (Lipinski definition) is 1. The first-order valence-corrected chi connectivity index (χ1v) is 8.38. The van der Waals surface area contributed by atoms with Crippen LogP contribution in [0, 0.1) is 18.8 Å². The van der Waals surface area contributed by atoms with Crippen LogP contribution in [0.1, 0.15) is 43.6 Å². The molecule has 0 radical (unpaired) electrons. The van der Waals surface area contributed by atoms with Crippen LogP contribution >= 0.6 is 11.3 Å². The van der Waals surface area contributed by atoms with Gasteiger partial charge >= 0.3 is 0 Å². The fraction of sp³-hybridized carbons (Fsp3) is 0.750. The first-order chi connectivity index (χ1) is 9.15. The molecular weight excluding hydrogens is 254 g/mol. The summed E-state index contributed by atoms with van der Waals surface area (Å²) in [6, 6.07) is 2.18. The van der Waals surface area contributed by atoms with Gasteiger partial charge in [-0.05, 0) is 55.0 Å². The smallest absolute Gasteiger partial charge is 0.0594 e. The van der Waals surface area contributed by atoms with E-state index in [0.717, 1.165) is 31.5 Å². The lowest BCUT2D eigenvalue weighted by Crippen LogP contribution is -2.29. The van der Waals surface area contributed by atoms with Crippen molar-refractivity contribution < 1.29 is 4.74 Å². The molecular formula is C16H27NOS. The summed E-state index contributed by atoms with van der Waals surface area (Å²) >= 11 is 1.83. The third-order valence-corrected chi connectivity index (χ3v) is 5.04. The molecule has 2 atom stereocenters. The van der Waals surface area contributed by atoms with Gasteiger partial charge in [0.05, 0.1) is 12.7 Å². The normalized spacial score (nSPS) is 27.6. The summed E-state index contributed by atoms with van der Waals surface area (Å²) in [6.45, 7) is 9.65.